The highest BCUT2D eigenvalue weighted by molar-refractivity contribution is 6.11. The summed E-state index contributed by atoms with van der Waals surface area (Å²) in [5.74, 6) is -1.03. The number of halogens is 2. The fourth-order valence-electron chi connectivity index (χ4n) is 3.06. The van der Waals surface area contributed by atoms with Crippen molar-refractivity contribution in [3.05, 3.63) is 77.0 Å². The van der Waals surface area contributed by atoms with Gasteiger partial charge in [0.1, 0.15) is 23.2 Å². The monoisotopic (exact) mass is 396 g/mol. The van der Waals surface area contributed by atoms with Crippen LogP contribution in [0.4, 0.5) is 14.6 Å². The normalized spacial score (nSPS) is 14.9. The molecule has 3 aromatic rings. The van der Waals surface area contributed by atoms with Gasteiger partial charge in [-0.3, -0.25) is 9.79 Å². The SMILES string of the molecule is Nc1c(C(=O)c2cccc(CN=C3CCNN3)c2)cnn1-c1ccc(F)cc1F. The molecular weight excluding hydrogens is 378 g/mol. The third-order valence-corrected chi connectivity index (χ3v) is 4.55. The first-order chi connectivity index (χ1) is 14.0. The van der Waals surface area contributed by atoms with Crippen molar-refractivity contribution in [2.45, 2.75) is 13.0 Å². The summed E-state index contributed by atoms with van der Waals surface area (Å²) in [5, 5.41) is 4.01. The summed E-state index contributed by atoms with van der Waals surface area (Å²) >= 11 is 0. The molecule has 1 saturated heterocycles. The van der Waals surface area contributed by atoms with Gasteiger partial charge in [-0.05, 0) is 23.8 Å². The van der Waals surface area contributed by atoms with Gasteiger partial charge in [0, 0.05) is 24.6 Å². The van der Waals surface area contributed by atoms with Gasteiger partial charge in [-0.2, -0.15) is 5.10 Å². The van der Waals surface area contributed by atoms with Crippen LogP contribution in [0.5, 0.6) is 0 Å². The van der Waals surface area contributed by atoms with Gasteiger partial charge < -0.3 is 11.2 Å². The summed E-state index contributed by atoms with van der Waals surface area (Å²) in [6, 6.07) is 10.1. The zero-order valence-electron chi connectivity index (χ0n) is 15.3. The maximum absolute atomic E-state index is 14.1. The van der Waals surface area contributed by atoms with E-state index in [1.807, 2.05) is 6.07 Å². The van der Waals surface area contributed by atoms with Gasteiger partial charge in [-0.15, -0.1) is 0 Å². The molecule has 0 aliphatic carbocycles. The Labute approximate surface area is 165 Å². The van der Waals surface area contributed by atoms with E-state index < -0.39 is 11.6 Å². The number of carbonyl (C=O) groups is 1. The van der Waals surface area contributed by atoms with Gasteiger partial charge in [0.2, 0.25) is 0 Å². The molecule has 0 unspecified atom stereocenters. The maximum atomic E-state index is 14.1. The van der Waals surface area contributed by atoms with Crippen molar-refractivity contribution in [1.82, 2.24) is 20.6 Å². The molecule has 29 heavy (non-hydrogen) atoms. The van der Waals surface area contributed by atoms with E-state index in [2.05, 4.69) is 20.9 Å². The van der Waals surface area contributed by atoms with Gasteiger partial charge in [-0.1, -0.05) is 18.2 Å². The Hall–Kier alpha value is -3.59. The van der Waals surface area contributed by atoms with E-state index in [1.54, 1.807) is 18.2 Å². The Morgan fingerprint density at radius 1 is 1.24 bits per heavy atom. The van der Waals surface area contributed by atoms with Crippen LogP contribution in [0.25, 0.3) is 5.69 Å². The van der Waals surface area contributed by atoms with Crippen molar-refractivity contribution in [1.29, 1.82) is 0 Å². The standard InChI is InChI=1S/C20H18F2N6O/c21-14-4-5-17(16(22)9-14)28-20(23)15(11-26-28)19(29)13-3-1-2-12(8-13)10-24-18-6-7-25-27-18/h1-5,8-9,11,25H,6-7,10,23H2,(H,24,27). The summed E-state index contributed by atoms with van der Waals surface area (Å²) in [6.45, 7) is 1.26. The van der Waals surface area contributed by atoms with Gasteiger partial charge in [0.25, 0.3) is 0 Å². The fourth-order valence-corrected chi connectivity index (χ4v) is 3.06. The molecule has 9 heteroatoms. The number of nitrogens with one attached hydrogen (secondary N) is 2. The molecular formula is C20H18F2N6O. The smallest absolute Gasteiger partial charge is 0.198 e. The number of nitrogens with zero attached hydrogens (tertiary/aromatic N) is 3. The molecule has 0 bridgehead atoms. The van der Waals surface area contributed by atoms with E-state index >= 15 is 0 Å². The molecule has 1 aliphatic rings. The number of aliphatic imine (C=N–C) groups is 1. The third-order valence-electron chi connectivity index (χ3n) is 4.55. The highest BCUT2D eigenvalue weighted by Crippen LogP contribution is 2.23. The first-order valence-electron chi connectivity index (χ1n) is 8.97. The highest BCUT2D eigenvalue weighted by Gasteiger charge is 2.19. The number of carbonyl (C=O) groups excluding carboxylic acids is 1. The highest BCUT2D eigenvalue weighted by atomic mass is 19.1. The quantitative estimate of drug-likeness (QED) is 0.576. The number of nitrogen functional groups attached to an aromatic ring is 1. The molecule has 7 nitrogen and oxygen atoms in total. The maximum Gasteiger partial charge on any atom is 0.198 e. The van der Waals surface area contributed by atoms with Crippen LogP contribution in [-0.2, 0) is 6.54 Å². The summed E-state index contributed by atoms with van der Waals surface area (Å²) in [6.07, 6.45) is 2.11. The van der Waals surface area contributed by atoms with E-state index in [0.29, 0.717) is 12.1 Å². The zero-order chi connectivity index (χ0) is 20.4. The molecule has 4 rings (SSSR count). The van der Waals surface area contributed by atoms with Crippen LogP contribution in [0.15, 0.2) is 53.7 Å². The molecule has 0 amide bonds. The second-order valence-corrected chi connectivity index (χ2v) is 6.55. The lowest BCUT2D eigenvalue weighted by molar-refractivity contribution is 0.103. The minimum absolute atomic E-state index is 0.0209. The number of rotatable bonds is 5. The van der Waals surface area contributed by atoms with Crippen LogP contribution in [-0.4, -0.2) is 27.9 Å². The van der Waals surface area contributed by atoms with Crippen LogP contribution < -0.4 is 16.6 Å². The van der Waals surface area contributed by atoms with Crippen molar-refractivity contribution in [3.8, 4) is 5.69 Å². The van der Waals surface area contributed by atoms with Crippen LogP contribution in [0.2, 0.25) is 0 Å². The lowest BCUT2D eigenvalue weighted by Gasteiger charge is -2.07. The van der Waals surface area contributed by atoms with Crippen molar-refractivity contribution in [2.24, 2.45) is 4.99 Å². The first-order valence-corrected chi connectivity index (χ1v) is 8.97. The lowest BCUT2D eigenvalue weighted by Crippen LogP contribution is -2.26. The van der Waals surface area contributed by atoms with E-state index in [0.717, 1.165) is 41.2 Å². The van der Waals surface area contributed by atoms with E-state index in [4.69, 9.17) is 5.73 Å². The number of ketones is 1. The molecule has 0 atom stereocenters. The molecule has 1 fully saturated rings. The summed E-state index contributed by atoms with van der Waals surface area (Å²) in [4.78, 5) is 17.4. The summed E-state index contributed by atoms with van der Waals surface area (Å²) in [7, 11) is 0. The average molecular weight is 396 g/mol. The van der Waals surface area contributed by atoms with Crippen LogP contribution in [0, 0.1) is 11.6 Å². The van der Waals surface area contributed by atoms with Gasteiger partial charge in [0.15, 0.2) is 11.6 Å². The second-order valence-electron chi connectivity index (χ2n) is 6.55. The Morgan fingerprint density at radius 3 is 2.86 bits per heavy atom. The molecule has 1 aromatic heterocycles. The molecule has 2 aromatic carbocycles. The number of nitrogens with two attached hydrogens (primary N) is 1. The van der Waals surface area contributed by atoms with E-state index in [9.17, 15) is 13.6 Å². The molecule has 4 N–H and O–H groups in total. The van der Waals surface area contributed by atoms with Crippen molar-refractivity contribution < 1.29 is 13.6 Å². The van der Waals surface area contributed by atoms with E-state index in [-0.39, 0.29) is 22.9 Å². The molecule has 1 aliphatic heterocycles. The van der Waals surface area contributed by atoms with Gasteiger partial charge in [0.05, 0.1) is 18.3 Å². The number of benzene rings is 2. The van der Waals surface area contributed by atoms with E-state index in [1.165, 1.54) is 12.3 Å². The largest absolute Gasteiger partial charge is 0.383 e. The predicted molar refractivity (Wildman–Crippen MR) is 105 cm³/mol. The van der Waals surface area contributed by atoms with Crippen molar-refractivity contribution in [2.75, 3.05) is 12.3 Å². The molecule has 148 valence electrons. The number of hydrazine groups is 1. The predicted octanol–water partition coefficient (Wildman–Crippen LogP) is 2.36. The van der Waals surface area contributed by atoms with Crippen molar-refractivity contribution >= 4 is 17.4 Å². The molecule has 0 saturated carbocycles. The Kier molecular flexibility index (Phi) is 5.05. The Balaban J connectivity index is 1.59. The number of aromatic nitrogens is 2. The lowest BCUT2D eigenvalue weighted by atomic mass is 10.0. The van der Waals surface area contributed by atoms with Gasteiger partial charge >= 0.3 is 0 Å². The fraction of sp³-hybridized carbons (Fsp3) is 0.150. The molecule has 2 heterocycles. The number of anilines is 1. The number of hydrogen-bond acceptors (Lipinski definition) is 5. The number of amidine groups is 1. The zero-order valence-corrected chi connectivity index (χ0v) is 15.3. The topological polar surface area (TPSA) is 97.3 Å². The van der Waals surface area contributed by atoms with Gasteiger partial charge in [-0.25, -0.2) is 18.9 Å². The second kappa shape index (κ2) is 7.80. The molecule has 0 spiro atoms. The minimum atomic E-state index is -0.824. The summed E-state index contributed by atoms with van der Waals surface area (Å²) in [5.41, 5.74) is 13.4. The van der Waals surface area contributed by atoms with Crippen molar-refractivity contribution in [3.63, 3.8) is 0 Å². The summed E-state index contributed by atoms with van der Waals surface area (Å²) < 4.78 is 28.3. The van der Waals surface area contributed by atoms with Crippen LogP contribution in [0.1, 0.15) is 27.9 Å². The first kappa shape index (κ1) is 18.8. The number of hydrogen-bond donors (Lipinski definition) is 3. The Morgan fingerprint density at radius 2 is 2.10 bits per heavy atom. The van der Waals surface area contributed by atoms with Crippen LogP contribution in [0.3, 0.4) is 0 Å². The Bertz CT molecular complexity index is 1100. The molecule has 0 radical (unpaired) electrons. The third kappa shape index (κ3) is 3.85. The van der Waals surface area contributed by atoms with Crippen LogP contribution >= 0.6 is 0 Å². The average Bonchev–Trinajstić information content (AvgIpc) is 3.36. The minimum Gasteiger partial charge on any atom is -0.383 e.